The first-order chi connectivity index (χ1) is 11.6. The molecule has 7 heteroatoms. The van der Waals surface area contributed by atoms with Gasteiger partial charge in [-0.15, -0.1) is 0 Å². The molecule has 0 spiro atoms. The zero-order valence-electron chi connectivity index (χ0n) is 13.4. The summed E-state index contributed by atoms with van der Waals surface area (Å²) in [5.41, 5.74) is 1.04. The minimum atomic E-state index is -0.321. The molecule has 1 fully saturated rings. The highest BCUT2D eigenvalue weighted by Crippen LogP contribution is 2.23. The summed E-state index contributed by atoms with van der Waals surface area (Å²) < 4.78 is 6.96. The third kappa shape index (κ3) is 2.46. The molecular formula is C17H18N4O3. The summed E-state index contributed by atoms with van der Waals surface area (Å²) >= 11 is 0. The number of rotatable bonds is 2. The van der Waals surface area contributed by atoms with Gasteiger partial charge in [0.1, 0.15) is 17.6 Å². The lowest BCUT2D eigenvalue weighted by Crippen LogP contribution is -2.48. The highest BCUT2D eigenvalue weighted by molar-refractivity contribution is 6.01. The van der Waals surface area contributed by atoms with E-state index >= 15 is 0 Å². The van der Waals surface area contributed by atoms with Gasteiger partial charge in [-0.1, -0.05) is 12.1 Å². The predicted molar refractivity (Wildman–Crippen MR) is 89.9 cm³/mol. The van der Waals surface area contributed by atoms with Crippen LogP contribution in [-0.2, 0) is 11.3 Å². The van der Waals surface area contributed by atoms with E-state index in [-0.39, 0.29) is 23.6 Å². The molecule has 3 heterocycles. The van der Waals surface area contributed by atoms with E-state index in [1.54, 1.807) is 11.0 Å². The number of amides is 1. The van der Waals surface area contributed by atoms with Gasteiger partial charge in [0.05, 0.1) is 6.33 Å². The quantitative estimate of drug-likeness (QED) is 0.700. The van der Waals surface area contributed by atoms with Gasteiger partial charge in [0.2, 0.25) is 11.5 Å². The van der Waals surface area contributed by atoms with Crippen LogP contribution in [0.1, 0.15) is 0 Å². The molecule has 7 nitrogen and oxygen atoms in total. The Morgan fingerprint density at radius 2 is 1.96 bits per heavy atom. The molecule has 0 aliphatic carbocycles. The molecular weight excluding hydrogens is 308 g/mol. The van der Waals surface area contributed by atoms with Gasteiger partial charge >= 0.3 is 0 Å². The van der Waals surface area contributed by atoms with Crippen molar-refractivity contribution in [2.24, 2.45) is 0 Å². The lowest BCUT2D eigenvalue weighted by molar-refractivity contribution is -0.133. The number of nitrogens with zero attached hydrogens (tertiary/aromatic N) is 4. The topological polar surface area (TPSA) is 71.6 Å². The van der Waals surface area contributed by atoms with Gasteiger partial charge < -0.3 is 14.2 Å². The number of piperazine rings is 1. The fourth-order valence-electron chi connectivity index (χ4n) is 3.03. The number of likely N-dealkylation sites (N-methyl/N-ethyl adjacent to an activating group) is 1. The van der Waals surface area contributed by atoms with E-state index in [1.165, 1.54) is 10.9 Å². The minimum absolute atomic E-state index is 0.0114. The van der Waals surface area contributed by atoms with Gasteiger partial charge in [0.25, 0.3) is 5.56 Å². The maximum Gasteiger partial charge on any atom is 0.297 e. The lowest BCUT2D eigenvalue weighted by Gasteiger charge is -2.32. The van der Waals surface area contributed by atoms with Crippen LogP contribution in [0.5, 0.6) is 0 Å². The number of para-hydroxylation sites is 1. The molecule has 0 radical (unpaired) electrons. The third-order valence-electron chi connectivity index (χ3n) is 4.51. The number of hydrogen-bond donors (Lipinski definition) is 0. The number of fused-ring (bicyclic) bond motifs is 3. The number of hydrogen-bond acceptors (Lipinski definition) is 5. The zero-order chi connectivity index (χ0) is 16.7. The Balaban J connectivity index is 1.65. The number of aromatic nitrogens is 2. The Morgan fingerprint density at radius 1 is 1.21 bits per heavy atom. The lowest BCUT2D eigenvalue weighted by atomic mass is 10.2. The number of carbonyl (C=O) groups is 1. The molecule has 24 heavy (non-hydrogen) atoms. The van der Waals surface area contributed by atoms with Crippen LogP contribution in [0.15, 0.2) is 39.8 Å². The summed E-state index contributed by atoms with van der Waals surface area (Å²) in [6, 6.07) is 7.39. The van der Waals surface area contributed by atoms with Gasteiger partial charge in [-0.05, 0) is 19.2 Å². The summed E-state index contributed by atoms with van der Waals surface area (Å²) in [6.45, 7) is 3.06. The molecule has 0 atom stereocenters. The normalized spacial score (nSPS) is 16.1. The Bertz CT molecular complexity index is 967. The number of furan rings is 1. The van der Waals surface area contributed by atoms with Crippen molar-refractivity contribution in [1.82, 2.24) is 19.4 Å². The van der Waals surface area contributed by atoms with E-state index < -0.39 is 0 Å². The second-order valence-corrected chi connectivity index (χ2v) is 6.14. The highest BCUT2D eigenvalue weighted by Gasteiger charge is 2.20. The predicted octanol–water partition coefficient (Wildman–Crippen LogP) is 0.917. The van der Waals surface area contributed by atoms with Crippen molar-refractivity contribution in [3.8, 4) is 0 Å². The van der Waals surface area contributed by atoms with Crippen LogP contribution >= 0.6 is 0 Å². The van der Waals surface area contributed by atoms with Crippen molar-refractivity contribution in [3.05, 3.63) is 40.9 Å². The fraction of sp³-hybridized carbons (Fsp3) is 0.353. The maximum absolute atomic E-state index is 12.6. The zero-order valence-corrected chi connectivity index (χ0v) is 13.4. The van der Waals surface area contributed by atoms with E-state index in [1.807, 2.05) is 25.2 Å². The maximum atomic E-state index is 12.6. The standard InChI is InChI=1S/C17H18N4O3/c1-19-6-8-20(9-7-19)14(22)10-21-11-18-15-12-4-2-3-5-13(12)24-16(15)17(21)23/h2-5,11H,6-10H2,1H3. The van der Waals surface area contributed by atoms with Crippen molar-refractivity contribution < 1.29 is 9.21 Å². The van der Waals surface area contributed by atoms with E-state index in [0.29, 0.717) is 24.2 Å². The molecule has 0 unspecified atom stereocenters. The molecule has 4 rings (SSSR count). The average Bonchev–Trinajstić information content (AvgIpc) is 2.97. The van der Waals surface area contributed by atoms with E-state index in [2.05, 4.69) is 9.88 Å². The van der Waals surface area contributed by atoms with Crippen LogP contribution in [0.2, 0.25) is 0 Å². The Hall–Kier alpha value is -2.67. The van der Waals surface area contributed by atoms with Crippen molar-refractivity contribution in [3.63, 3.8) is 0 Å². The van der Waals surface area contributed by atoms with Gasteiger partial charge in [-0.25, -0.2) is 4.98 Å². The molecule has 0 saturated carbocycles. The molecule has 1 aliphatic heterocycles. The van der Waals surface area contributed by atoms with Crippen LogP contribution in [-0.4, -0.2) is 58.5 Å². The van der Waals surface area contributed by atoms with E-state index in [4.69, 9.17) is 4.42 Å². The Kier molecular flexibility index (Phi) is 3.57. The summed E-state index contributed by atoms with van der Waals surface area (Å²) in [4.78, 5) is 33.3. The molecule has 1 amide bonds. The molecule has 124 valence electrons. The van der Waals surface area contributed by atoms with Crippen LogP contribution in [0, 0.1) is 0 Å². The summed E-state index contributed by atoms with van der Waals surface area (Å²) in [7, 11) is 2.03. The molecule has 2 aromatic heterocycles. The summed E-state index contributed by atoms with van der Waals surface area (Å²) in [5.74, 6) is -0.0672. The van der Waals surface area contributed by atoms with Crippen molar-refractivity contribution >= 4 is 28.0 Å². The number of carbonyl (C=O) groups excluding carboxylic acids is 1. The molecule has 1 aromatic carbocycles. The van der Waals surface area contributed by atoms with Gasteiger partial charge in [0.15, 0.2) is 0 Å². The average molecular weight is 326 g/mol. The second kappa shape index (κ2) is 5.76. The summed E-state index contributed by atoms with van der Waals surface area (Å²) in [5, 5.41) is 0.808. The first-order valence-corrected chi connectivity index (χ1v) is 7.96. The van der Waals surface area contributed by atoms with Crippen LogP contribution in [0.3, 0.4) is 0 Å². The molecule has 3 aromatic rings. The van der Waals surface area contributed by atoms with Gasteiger partial charge in [0, 0.05) is 31.6 Å². The largest absolute Gasteiger partial charge is 0.448 e. The van der Waals surface area contributed by atoms with Gasteiger partial charge in [-0.3, -0.25) is 14.2 Å². The molecule has 1 aliphatic rings. The first kappa shape index (κ1) is 14.9. The van der Waals surface area contributed by atoms with Crippen LogP contribution < -0.4 is 5.56 Å². The Labute approximate surface area is 138 Å². The Morgan fingerprint density at radius 3 is 2.75 bits per heavy atom. The molecule has 0 N–H and O–H groups in total. The SMILES string of the molecule is CN1CCN(C(=O)Cn2cnc3c(oc4ccccc43)c2=O)CC1. The minimum Gasteiger partial charge on any atom is -0.448 e. The van der Waals surface area contributed by atoms with E-state index in [0.717, 1.165) is 18.5 Å². The number of benzene rings is 1. The van der Waals surface area contributed by atoms with Crippen molar-refractivity contribution in [2.75, 3.05) is 33.2 Å². The molecule has 1 saturated heterocycles. The van der Waals surface area contributed by atoms with Crippen LogP contribution in [0.4, 0.5) is 0 Å². The van der Waals surface area contributed by atoms with Gasteiger partial charge in [-0.2, -0.15) is 0 Å². The van der Waals surface area contributed by atoms with Crippen molar-refractivity contribution in [1.29, 1.82) is 0 Å². The first-order valence-electron chi connectivity index (χ1n) is 7.96. The summed E-state index contributed by atoms with van der Waals surface area (Å²) in [6.07, 6.45) is 1.43. The second-order valence-electron chi connectivity index (χ2n) is 6.14. The van der Waals surface area contributed by atoms with Crippen LogP contribution in [0.25, 0.3) is 22.1 Å². The fourth-order valence-corrected chi connectivity index (χ4v) is 3.03. The molecule has 0 bridgehead atoms. The van der Waals surface area contributed by atoms with Crippen molar-refractivity contribution in [2.45, 2.75) is 6.54 Å². The highest BCUT2D eigenvalue weighted by atomic mass is 16.3. The smallest absolute Gasteiger partial charge is 0.297 e. The monoisotopic (exact) mass is 326 g/mol. The third-order valence-corrected chi connectivity index (χ3v) is 4.51. The van der Waals surface area contributed by atoms with E-state index in [9.17, 15) is 9.59 Å².